The van der Waals surface area contributed by atoms with Crippen LogP contribution in [-0.4, -0.2) is 4.89 Å². The van der Waals surface area contributed by atoms with Crippen LogP contribution in [-0.2, 0) is 9.72 Å². The largest absolute Gasteiger partial charge is 0.345 e. The molecule has 0 aliphatic heterocycles. The van der Waals surface area contributed by atoms with Gasteiger partial charge in [0.25, 0.3) is 0 Å². The average molecular weight is 246 g/mol. The van der Waals surface area contributed by atoms with Crippen molar-refractivity contribution in [1.29, 1.82) is 0 Å². The van der Waals surface area contributed by atoms with Gasteiger partial charge < -0.3 is 4.89 Å². The van der Waals surface area contributed by atoms with Gasteiger partial charge in [0.1, 0.15) is 0 Å². The van der Waals surface area contributed by atoms with Crippen LogP contribution in [0.3, 0.4) is 0 Å². The normalized spacial score (nSPS) is 13.3. The molecule has 0 spiro atoms. The van der Waals surface area contributed by atoms with E-state index in [2.05, 4.69) is 0 Å². The fraction of sp³-hybridized carbons (Fsp3) is 0.143. The van der Waals surface area contributed by atoms with Gasteiger partial charge in [-0.2, -0.15) is 0 Å². The van der Waals surface area contributed by atoms with Crippen molar-refractivity contribution in [3.05, 3.63) is 71.8 Å². The van der Waals surface area contributed by atoms with Gasteiger partial charge in [0.05, 0.1) is 5.16 Å². The summed E-state index contributed by atoms with van der Waals surface area (Å²) in [6.07, 6.45) is 0. The zero-order chi connectivity index (χ0) is 12.3. The van der Waals surface area contributed by atoms with Crippen LogP contribution in [0.25, 0.3) is 0 Å². The molecule has 0 aromatic heterocycles. The zero-order valence-electron chi connectivity index (χ0n) is 9.63. The van der Waals surface area contributed by atoms with Crippen molar-refractivity contribution in [2.75, 3.05) is 0 Å². The van der Waals surface area contributed by atoms with Crippen molar-refractivity contribution in [3.63, 3.8) is 0 Å². The second-order valence-corrected chi connectivity index (χ2v) is 5.77. The average Bonchev–Trinajstić information content (AvgIpc) is 2.39. The molecule has 0 heterocycles. The summed E-state index contributed by atoms with van der Waals surface area (Å²) in [5.74, 6) is 0. The highest BCUT2D eigenvalue weighted by Gasteiger charge is 2.34. The highest BCUT2D eigenvalue weighted by atomic mass is 31.1. The third-order valence-electron chi connectivity index (χ3n) is 3.13. The van der Waals surface area contributed by atoms with E-state index >= 15 is 0 Å². The molecule has 0 saturated carbocycles. The van der Waals surface area contributed by atoms with E-state index in [1.807, 2.05) is 67.6 Å². The highest BCUT2D eigenvalue weighted by molar-refractivity contribution is 7.39. The molecule has 0 aliphatic rings. The maximum absolute atomic E-state index is 11.8. The zero-order valence-corrected chi connectivity index (χ0v) is 10.6. The number of hydrogen-bond donors (Lipinski definition) is 1. The van der Waals surface area contributed by atoms with Gasteiger partial charge in [-0.05, 0) is 18.1 Å². The molecule has 2 nitrogen and oxygen atoms in total. The van der Waals surface area contributed by atoms with Crippen LogP contribution in [0.15, 0.2) is 60.7 Å². The Morgan fingerprint density at radius 1 is 0.882 bits per heavy atom. The molecule has 0 amide bonds. The molecule has 0 aliphatic carbocycles. The Kier molecular flexibility index (Phi) is 3.46. The molecule has 1 atom stereocenters. The lowest BCUT2D eigenvalue weighted by atomic mass is 9.92. The fourth-order valence-electron chi connectivity index (χ4n) is 1.96. The lowest BCUT2D eigenvalue weighted by Crippen LogP contribution is -2.18. The molecule has 0 bridgehead atoms. The Morgan fingerprint density at radius 3 is 1.53 bits per heavy atom. The Balaban J connectivity index is 2.59. The van der Waals surface area contributed by atoms with E-state index in [1.54, 1.807) is 0 Å². The molecule has 0 fully saturated rings. The summed E-state index contributed by atoms with van der Waals surface area (Å²) in [6.45, 7) is 1.82. The maximum atomic E-state index is 11.8. The van der Waals surface area contributed by atoms with Crippen LogP contribution >= 0.6 is 8.03 Å². The summed E-state index contributed by atoms with van der Waals surface area (Å²) >= 11 is 0. The van der Waals surface area contributed by atoms with E-state index in [4.69, 9.17) is 0 Å². The lowest BCUT2D eigenvalue weighted by molar-refractivity contribution is 0.475. The Labute approximate surface area is 102 Å². The second-order valence-electron chi connectivity index (χ2n) is 4.16. The highest BCUT2D eigenvalue weighted by Crippen LogP contribution is 2.49. The van der Waals surface area contributed by atoms with Gasteiger partial charge in [0.2, 0.25) is 8.03 Å². The second kappa shape index (κ2) is 4.87. The minimum atomic E-state index is -2.73. The minimum Gasteiger partial charge on any atom is -0.345 e. The summed E-state index contributed by atoms with van der Waals surface area (Å²) in [5.41, 5.74) is 1.75. The topological polar surface area (TPSA) is 37.3 Å². The van der Waals surface area contributed by atoms with Crippen LogP contribution in [0.5, 0.6) is 0 Å². The predicted molar refractivity (Wildman–Crippen MR) is 70.6 cm³/mol. The van der Waals surface area contributed by atoms with E-state index in [-0.39, 0.29) is 0 Å². The standard InChI is InChI=1S/C14H15O2P/c1-14(17(15)16,12-8-4-2-5-9-12)13-10-6-3-7-11-13/h2-11,17H,1H3,(H,15,16). The van der Waals surface area contributed by atoms with Crippen LogP contribution in [0, 0.1) is 0 Å². The molecule has 1 unspecified atom stereocenters. The molecule has 1 N–H and O–H groups in total. The maximum Gasteiger partial charge on any atom is 0.203 e. The first kappa shape index (κ1) is 12.1. The van der Waals surface area contributed by atoms with Gasteiger partial charge in [-0.3, -0.25) is 4.57 Å². The van der Waals surface area contributed by atoms with E-state index in [0.717, 1.165) is 11.1 Å². The van der Waals surface area contributed by atoms with Crippen LogP contribution in [0.1, 0.15) is 18.1 Å². The lowest BCUT2D eigenvalue weighted by Gasteiger charge is -2.27. The quantitative estimate of drug-likeness (QED) is 0.842. The van der Waals surface area contributed by atoms with E-state index < -0.39 is 13.2 Å². The third kappa shape index (κ3) is 2.19. The van der Waals surface area contributed by atoms with Crippen LogP contribution in [0.2, 0.25) is 0 Å². The summed E-state index contributed by atoms with van der Waals surface area (Å²) in [7, 11) is -2.73. The Morgan fingerprint density at radius 2 is 1.24 bits per heavy atom. The van der Waals surface area contributed by atoms with E-state index in [0.29, 0.717) is 0 Å². The smallest absolute Gasteiger partial charge is 0.203 e. The predicted octanol–water partition coefficient (Wildman–Crippen LogP) is 3.42. The van der Waals surface area contributed by atoms with E-state index in [9.17, 15) is 9.46 Å². The number of hydrogen-bond acceptors (Lipinski definition) is 1. The number of benzene rings is 2. The summed E-state index contributed by atoms with van der Waals surface area (Å²) in [6, 6.07) is 19.0. The molecule has 17 heavy (non-hydrogen) atoms. The van der Waals surface area contributed by atoms with Crippen LogP contribution < -0.4 is 0 Å². The SMILES string of the molecule is CC(c1ccccc1)(c1ccccc1)[PH](=O)O. The van der Waals surface area contributed by atoms with Gasteiger partial charge in [-0.25, -0.2) is 0 Å². The first-order valence-electron chi connectivity index (χ1n) is 5.50. The molecule has 88 valence electrons. The van der Waals surface area contributed by atoms with Gasteiger partial charge in [0.15, 0.2) is 0 Å². The Bertz CT molecular complexity index is 469. The molecule has 2 aromatic carbocycles. The monoisotopic (exact) mass is 246 g/mol. The first-order chi connectivity index (χ1) is 8.15. The third-order valence-corrected chi connectivity index (χ3v) is 4.56. The van der Waals surface area contributed by atoms with Gasteiger partial charge in [-0.15, -0.1) is 0 Å². The van der Waals surface area contributed by atoms with Gasteiger partial charge >= 0.3 is 0 Å². The molecule has 0 saturated heterocycles. The van der Waals surface area contributed by atoms with Gasteiger partial charge in [0, 0.05) is 0 Å². The van der Waals surface area contributed by atoms with E-state index in [1.165, 1.54) is 0 Å². The summed E-state index contributed by atoms with van der Waals surface area (Å²) in [4.78, 5) is 9.72. The molecule has 2 rings (SSSR count). The molecule has 2 aromatic rings. The molecule has 3 heteroatoms. The summed E-state index contributed by atoms with van der Waals surface area (Å²) in [5, 5.41) is -0.812. The number of rotatable bonds is 3. The van der Waals surface area contributed by atoms with Crippen LogP contribution in [0.4, 0.5) is 0 Å². The van der Waals surface area contributed by atoms with Crippen molar-refractivity contribution in [2.24, 2.45) is 0 Å². The summed E-state index contributed by atoms with van der Waals surface area (Å²) < 4.78 is 11.8. The molecule has 0 radical (unpaired) electrons. The molecular formula is C14H15O2P. The minimum absolute atomic E-state index is 0.812. The molecular weight excluding hydrogens is 231 g/mol. The van der Waals surface area contributed by atoms with Crippen molar-refractivity contribution < 1.29 is 9.46 Å². The van der Waals surface area contributed by atoms with Crippen molar-refractivity contribution in [1.82, 2.24) is 0 Å². The van der Waals surface area contributed by atoms with Crippen molar-refractivity contribution in [3.8, 4) is 0 Å². The van der Waals surface area contributed by atoms with Crippen molar-refractivity contribution in [2.45, 2.75) is 12.1 Å². The fourth-order valence-corrected chi connectivity index (χ4v) is 2.78. The first-order valence-corrected chi connectivity index (χ1v) is 6.85. The van der Waals surface area contributed by atoms with Crippen molar-refractivity contribution >= 4 is 8.03 Å². The Hall–Kier alpha value is -1.37. The van der Waals surface area contributed by atoms with Gasteiger partial charge in [-0.1, -0.05) is 60.7 Å².